The maximum Gasteiger partial charge on any atom is 0.353 e. The number of nitrogens with zero attached hydrogens (tertiary/aromatic N) is 5. The number of thioether (sulfide) groups is 1. The lowest BCUT2D eigenvalue weighted by molar-refractivity contribution is -0.155. The predicted molar refractivity (Wildman–Crippen MR) is 109 cm³/mol. The number of carboxylic acids is 1. The van der Waals surface area contributed by atoms with E-state index in [2.05, 4.69) is 24.8 Å². The number of β-lactam (4-membered cyclic amide) rings is 1. The topological polar surface area (TPSA) is 184 Å². The van der Waals surface area contributed by atoms with E-state index in [1.807, 2.05) is 0 Å². The van der Waals surface area contributed by atoms with Gasteiger partial charge in [0.2, 0.25) is 11.5 Å². The van der Waals surface area contributed by atoms with E-state index in [4.69, 9.17) is 5.73 Å². The zero-order valence-electron chi connectivity index (χ0n) is 15.6. The van der Waals surface area contributed by atoms with E-state index in [0.717, 1.165) is 16.4 Å². The number of rotatable bonds is 6. The molecule has 1 saturated heterocycles. The third-order valence-corrected chi connectivity index (χ3v) is 6.43. The lowest BCUT2D eigenvalue weighted by atomic mass is 9.86. The van der Waals surface area contributed by atoms with Crippen molar-refractivity contribution in [2.45, 2.75) is 29.8 Å². The number of hydrogen-bond acceptors (Lipinski definition) is 11. The molecular formula is C17H15N7O5S2. The van der Waals surface area contributed by atoms with Crippen LogP contribution in [0.2, 0.25) is 0 Å². The van der Waals surface area contributed by atoms with Gasteiger partial charge >= 0.3 is 5.97 Å². The summed E-state index contributed by atoms with van der Waals surface area (Å²) in [7, 11) is 0. The van der Waals surface area contributed by atoms with E-state index in [1.54, 1.807) is 24.5 Å². The quantitative estimate of drug-likeness (QED) is 0.201. The molecule has 2 atom stereocenters. The molecule has 12 nitrogen and oxygen atoms in total. The highest BCUT2D eigenvalue weighted by Crippen LogP contribution is 2.42. The smallest absolute Gasteiger partial charge is 0.353 e. The molecule has 2 aliphatic heterocycles. The van der Waals surface area contributed by atoms with E-state index in [9.17, 15) is 24.7 Å². The molecule has 0 radical (unpaired) electrons. The Morgan fingerprint density at radius 2 is 2.10 bits per heavy atom. The molecule has 0 aromatic carbocycles. The molecule has 0 saturated carbocycles. The van der Waals surface area contributed by atoms with E-state index < -0.39 is 35.6 Å². The van der Waals surface area contributed by atoms with E-state index >= 15 is 0 Å². The van der Waals surface area contributed by atoms with Crippen LogP contribution in [0.25, 0.3) is 0 Å². The molecule has 2 aliphatic rings. The highest BCUT2D eigenvalue weighted by molar-refractivity contribution is 8.03. The Kier molecular flexibility index (Phi) is 5.56. The number of nitrogen functional groups attached to an aromatic ring is 1. The summed E-state index contributed by atoms with van der Waals surface area (Å²) in [5.74, 6) is -2.82. The second-order valence-electron chi connectivity index (χ2n) is 6.53. The molecule has 5 N–H and O–H groups in total. The molecule has 14 heteroatoms. The van der Waals surface area contributed by atoms with Gasteiger partial charge in [0.25, 0.3) is 11.8 Å². The summed E-state index contributed by atoms with van der Waals surface area (Å²) in [6.45, 7) is 0. The van der Waals surface area contributed by atoms with Crippen LogP contribution in [0.15, 0.2) is 45.2 Å². The van der Waals surface area contributed by atoms with Crippen molar-refractivity contribution in [2.24, 2.45) is 5.16 Å². The number of carbonyl (C=O) groups is 3. The Balaban J connectivity index is 1.52. The number of aromatic nitrogens is 3. The monoisotopic (exact) mass is 461 g/mol. The SMILES string of the molecule is Nc1nc(/C(=N/O)C(=O)N[C@@H]2C(=O)N3C(C(=O)O)=C(Sc4ccncc4)CC[C@H]23)ns1. The number of allylic oxidation sites excluding steroid dienone is 1. The molecule has 0 unspecified atom stereocenters. The first kappa shape index (κ1) is 20.7. The van der Waals surface area contributed by atoms with Crippen LogP contribution in [0.3, 0.4) is 0 Å². The summed E-state index contributed by atoms with van der Waals surface area (Å²) < 4.78 is 3.81. The highest BCUT2D eigenvalue weighted by Gasteiger charge is 2.53. The minimum atomic E-state index is -1.22. The van der Waals surface area contributed by atoms with Crippen molar-refractivity contribution in [1.29, 1.82) is 0 Å². The van der Waals surface area contributed by atoms with Crippen molar-refractivity contribution in [1.82, 2.24) is 24.6 Å². The van der Waals surface area contributed by atoms with E-state index in [-0.39, 0.29) is 16.7 Å². The molecule has 0 spiro atoms. The normalized spacial score (nSPS) is 20.8. The van der Waals surface area contributed by atoms with Gasteiger partial charge in [0, 0.05) is 33.7 Å². The summed E-state index contributed by atoms with van der Waals surface area (Å²) in [5.41, 5.74) is 4.89. The van der Waals surface area contributed by atoms with Crippen LogP contribution in [0.4, 0.5) is 5.13 Å². The molecule has 0 bridgehead atoms. The number of fused-ring (bicyclic) bond motifs is 1. The first-order valence-electron chi connectivity index (χ1n) is 8.90. The van der Waals surface area contributed by atoms with Gasteiger partial charge in [-0.25, -0.2) is 4.79 Å². The molecule has 1 fully saturated rings. The van der Waals surface area contributed by atoms with Crippen molar-refractivity contribution >= 4 is 51.9 Å². The van der Waals surface area contributed by atoms with Gasteiger partial charge in [-0.2, -0.15) is 9.36 Å². The second-order valence-corrected chi connectivity index (χ2v) is 8.48. The fraction of sp³-hybridized carbons (Fsp3) is 0.235. The van der Waals surface area contributed by atoms with Crippen LogP contribution in [-0.4, -0.2) is 65.1 Å². The number of hydrogen-bond donors (Lipinski definition) is 4. The minimum absolute atomic E-state index is 0.0811. The van der Waals surface area contributed by atoms with Gasteiger partial charge in [0.1, 0.15) is 11.7 Å². The summed E-state index contributed by atoms with van der Waals surface area (Å²) in [6.07, 6.45) is 4.07. The fourth-order valence-electron chi connectivity index (χ4n) is 3.41. The van der Waals surface area contributed by atoms with Gasteiger partial charge in [0.05, 0.1) is 6.04 Å². The molecule has 2 amide bonds. The summed E-state index contributed by atoms with van der Waals surface area (Å²) in [6, 6.07) is 2.01. The van der Waals surface area contributed by atoms with Crippen molar-refractivity contribution < 1.29 is 24.7 Å². The zero-order valence-corrected chi connectivity index (χ0v) is 17.3. The average molecular weight is 461 g/mol. The molecule has 160 valence electrons. The van der Waals surface area contributed by atoms with Crippen molar-refractivity contribution in [3.05, 3.63) is 41.0 Å². The first-order chi connectivity index (χ1) is 14.9. The number of carbonyl (C=O) groups excluding carboxylic acids is 2. The van der Waals surface area contributed by atoms with Gasteiger partial charge in [-0.3, -0.25) is 19.5 Å². The Labute approximate surface area is 183 Å². The highest BCUT2D eigenvalue weighted by atomic mass is 32.2. The number of aliphatic carboxylic acids is 1. The van der Waals surface area contributed by atoms with Crippen LogP contribution in [0, 0.1) is 0 Å². The number of nitrogens with one attached hydrogen (secondary N) is 1. The first-order valence-corrected chi connectivity index (χ1v) is 10.5. The molecular weight excluding hydrogens is 446 g/mol. The number of oxime groups is 1. The number of pyridine rings is 1. The van der Waals surface area contributed by atoms with E-state index in [0.29, 0.717) is 17.7 Å². The third-order valence-electron chi connectivity index (χ3n) is 4.74. The second kappa shape index (κ2) is 8.31. The van der Waals surface area contributed by atoms with Crippen molar-refractivity contribution in [3.63, 3.8) is 0 Å². The van der Waals surface area contributed by atoms with Crippen LogP contribution >= 0.6 is 23.3 Å². The molecule has 4 rings (SSSR count). The van der Waals surface area contributed by atoms with Crippen LogP contribution in [0.5, 0.6) is 0 Å². The van der Waals surface area contributed by atoms with Gasteiger partial charge in [-0.15, -0.1) is 0 Å². The molecule has 2 aromatic heterocycles. The standard InChI is InChI=1S/C17H15N7O5S2/c18-17-21-13(23-31-17)11(22-29)14(25)20-10-8-1-2-9(30-7-3-5-19-6-4-7)12(16(27)28)24(8)15(10)26/h3-6,8,10,29H,1-2H2,(H,20,25)(H,27,28)(H2,18,21,23)/b22-11-/t8-,10+/m1/s1. The zero-order chi connectivity index (χ0) is 22.1. The largest absolute Gasteiger partial charge is 0.477 e. The molecule has 31 heavy (non-hydrogen) atoms. The maximum atomic E-state index is 12.7. The number of anilines is 1. The van der Waals surface area contributed by atoms with Crippen molar-refractivity contribution in [2.75, 3.05) is 5.73 Å². The van der Waals surface area contributed by atoms with Crippen molar-refractivity contribution in [3.8, 4) is 0 Å². The summed E-state index contributed by atoms with van der Waals surface area (Å²) in [4.78, 5) is 47.4. The molecule has 4 heterocycles. The van der Waals surface area contributed by atoms with Crippen LogP contribution < -0.4 is 11.1 Å². The Morgan fingerprint density at radius 3 is 2.71 bits per heavy atom. The lowest BCUT2D eigenvalue weighted by Gasteiger charge is -2.50. The van der Waals surface area contributed by atoms with E-state index in [1.165, 1.54) is 16.7 Å². The van der Waals surface area contributed by atoms with Crippen LogP contribution in [-0.2, 0) is 14.4 Å². The Hall–Kier alpha value is -3.52. The maximum absolute atomic E-state index is 12.7. The number of amides is 2. The Bertz CT molecular complexity index is 1120. The molecule has 2 aromatic rings. The van der Waals surface area contributed by atoms with Gasteiger partial charge in [-0.1, -0.05) is 16.9 Å². The third kappa shape index (κ3) is 3.82. The van der Waals surface area contributed by atoms with Gasteiger partial charge in [-0.05, 0) is 25.0 Å². The summed E-state index contributed by atoms with van der Waals surface area (Å²) >= 11 is 2.08. The Morgan fingerprint density at radius 1 is 1.35 bits per heavy atom. The fourth-order valence-corrected chi connectivity index (χ4v) is 4.89. The van der Waals surface area contributed by atoms with Crippen LogP contribution in [0.1, 0.15) is 18.7 Å². The van der Waals surface area contributed by atoms with Gasteiger partial charge in [0.15, 0.2) is 5.13 Å². The van der Waals surface area contributed by atoms with Gasteiger partial charge < -0.3 is 21.4 Å². The molecule has 0 aliphatic carbocycles. The average Bonchev–Trinajstić information content (AvgIpc) is 3.18. The predicted octanol–water partition coefficient (Wildman–Crippen LogP) is 0.272. The summed E-state index contributed by atoms with van der Waals surface area (Å²) in [5, 5.41) is 24.4. The number of nitrogens with two attached hydrogens (primary N) is 1. The lowest BCUT2D eigenvalue weighted by Crippen LogP contribution is -2.72. The minimum Gasteiger partial charge on any atom is -0.477 e. The number of carboxylic acid groups (broad SMARTS) is 1.